The smallest absolute Gasteiger partial charge is 0.242 e. The Morgan fingerprint density at radius 2 is 2.11 bits per heavy atom. The normalized spacial score (nSPS) is 13.8. The fourth-order valence-corrected chi connectivity index (χ4v) is 2.77. The maximum absolute atomic E-state index is 12.2. The average Bonchev–Trinajstić information content (AvgIpc) is 2.38. The van der Waals surface area contributed by atoms with Gasteiger partial charge in [0.05, 0.1) is 11.5 Å². The average molecular weight is 272 g/mol. The summed E-state index contributed by atoms with van der Waals surface area (Å²) >= 11 is 0. The standard InChI is InChI=1S/C12H20N2O3S/c1-10(13-2)11-5-4-6-12(9-11)18(16,17)14(3)7-8-15/h4-6,9-10,13,15H,7-8H2,1-3H3. The van der Waals surface area contributed by atoms with Crippen LogP contribution in [-0.4, -0.2) is 45.1 Å². The summed E-state index contributed by atoms with van der Waals surface area (Å²) in [6, 6.07) is 6.91. The predicted molar refractivity (Wildman–Crippen MR) is 70.8 cm³/mol. The highest BCUT2D eigenvalue weighted by Crippen LogP contribution is 2.19. The molecule has 0 saturated heterocycles. The van der Waals surface area contributed by atoms with Crippen molar-refractivity contribution in [2.24, 2.45) is 0 Å². The van der Waals surface area contributed by atoms with Crippen LogP contribution in [-0.2, 0) is 10.0 Å². The summed E-state index contributed by atoms with van der Waals surface area (Å²) in [7, 11) is -0.239. The van der Waals surface area contributed by atoms with Crippen LogP contribution in [0.4, 0.5) is 0 Å². The second-order valence-corrected chi connectivity index (χ2v) is 6.18. The van der Waals surface area contributed by atoms with Gasteiger partial charge >= 0.3 is 0 Å². The molecule has 5 nitrogen and oxygen atoms in total. The lowest BCUT2D eigenvalue weighted by Gasteiger charge is -2.17. The van der Waals surface area contributed by atoms with Crippen molar-refractivity contribution in [1.82, 2.24) is 9.62 Å². The molecule has 0 bridgehead atoms. The molecule has 1 rings (SSSR count). The third-order valence-corrected chi connectivity index (χ3v) is 4.77. The van der Waals surface area contributed by atoms with Gasteiger partial charge in [-0.05, 0) is 31.7 Å². The summed E-state index contributed by atoms with van der Waals surface area (Å²) in [5.74, 6) is 0. The quantitative estimate of drug-likeness (QED) is 0.795. The van der Waals surface area contributed by atoms with Gasteiger partial charge in [-0.25, -0.2) is 8.42 Å². The number of nitrogens with one attached hydrogen (secondary N) is 1. The van der Waals surface area contributed by atoms with E-state index in [-0.39, 0.29) is 24.1 Å². The van der Waals surface area contributed by atoms with Crippen molar-refractivity contribution in [1.29, 1.82) is 0 Å². The van der Waals surface area contributed by atoms with Gasteiger partial charge < -0.3 is 10.4 Å². The molecular weight excluding hydrogens is 252 g/mol. The number of hydrogen-bond acceptors (Lipinski definition) is 4. The van der Waals surface area contributed by atoms with Crippen LogP contribution in [0.5, 0.6) is 0 Å². The predicted octanol–water partition coefficient (Wildman–Crippen LogP) is 0.580. The van der Waals surface area contributed by atoms with Crippen LogP contribution in [0.3, 0.4) is 0 Å². The first-order valence-electron chi connectivity index (χ1n) is 5.78. The Labute approximate surface area is 108 Å². The first-order valence-corrected chi connectivity index (χ1v) is 7.22. The number of nitrogens with zero attached hydrogens (tertiary/aromatic N) is 1. The molecule has 0 amide bonds. The molecule has 1 aromatic rings. The minimum absolute atomic E-state index is 0.0864. The number of likely N-dealkylation sites (N-methyl/N-ethyl adjacent to an activating group) is 1. The number of hydrogen-bond donors (Lipinski definition) is 2. The third-order valence-electron chi connectivity index (χ3n) is 2.91. The van der Waals surface area contributed by atoms with Crippen LogP contribution < -0.4 is 5.32 Å². The molecule has 0 aliphatic heterocycles. The first kappa shape index (κ1) is 15.1. The molecule has 0 radical (unpaired) electrons. The molecule has 0 fully saturated rings. The van der Waals surface area contributed by atoms with Crippen LogP contribution >= 0.6 is 0 Å². The molecule has 0 spiro atoms. The van der Waals surface area contributed by atoms with E-state index in [1.54, 1.807) is 18.2 Å². The Bertz CT molecular complexity index is 488. The Morgan fingerprint density at radius 1 is 1.44 bits per heavy atom. The highest BCUT2D eigenvalue weighted by molar-refractivity contribution is 7.89. The third kappa shape index (κ3) is 3.29. The maximum atomic E-state index is 12.2. The van der Waals surface area contributed by atoms with Crippen LogP contribution in [0.25, 0.3) is 0 Å². The zero-order chi connectivity index (χ0) is 13.8. The molecule has 0 aliphatic carbocycles. The Balaban J connectivity index is 3.10. The molecule has 0 aromatic heterocycles. The number of sulfonamides is 1. The molecule has 0 heterocycles. The SMILES string of the molecule is CNC(C)c1cccc(S(=O)(=O)N(C)CCO)c1. The molecule has 18 heavy (non-hydrogen) atoms. The lowest BCUT2D eigenvalue weighted by molar-refractivity contribution is 0.266. The van der Waals surface area contributed by atoms with E-state index in [0.717, 1.165) is 9.87 Å². The minimum atomic E-state index is -3.52. The molecule has 0 aliphatic rings. The summed E-state index contributed by atoms with van der Waals surface area (Å²) in [6.45, 7) is 1.86. The van der Waals surface area contributed by atoms with Gasteiger partial charge in [-0.1, -0.05) is 12.1 Å². The van der Waals surface area contributed by atoms with E-state index in [1.165, 1.54) is 7.05 Å². The van der Waals surface area contributed by atoms with Crippen molar-refractivity contribution in [2.75, 3.05) is 27.2 Å². The van der Waals surface area contributed by atoms with Crippen LogP contribution in [0.1, 0.15) is 18.5 Å². The van der Waals surface area contributed by atoms with Crippen molar-refractivity contribution in [2.45, 2.75) is 17.9 Å². The van der Waals surface area contributed by atoms with Gasteiger partial charge in [0, 0.05) is 19.6 Å². The second-order valence-electron chi connectivity index (χ2n) is 4.13. The highest BCUT2D eigenvalue weighted by Gasteiger charge is 2.20. The topological polar surface area (TPSA) is 69.6 Å². The second kappa shape index (κ2) is 6.29. The van der Waals surface area contributed by atoms with E-state index in [4.69, 9.17) is 5.11 Å². The van der Waals surface area contributed by atoms with Gasteiger partial charge in [0.2, 0.25) is 10.0 Å². The monoisotopic (exact) mass is 272 g/mol. The van der Waals surface area contributed by atoms with E-state index < -0.39 is 10.0 Å². The maximum Gasteiger partial charge on any atom is 0.242 e. The molecule has 2 N–H and O–H groups in total. The summed E-state index contributed by atoms with van der Waals surface area (Å²) in [5.41, 5.74) is 0.913. The van der Waals surface area contributed by atoms with E-state index >= 15 is 0 Å². The van der Waals surface area contributed by atoms with Crippen molar-refractivity contribution in [3.63, 3.8) is 0 Å². The largest absolute Gasteiger partial charge is 0.395 e. The Hall–Kier alpha value is -0.950. The molecule has 1 atom stereocenters. The van der Waals surface area contributed by atoms with E-state index in [9.17, 15) is 8.42 Å². The summed E-state index contributed by atoms with van der Waals surface area (Å²) in [6.07, 6.45) is 0. The molecule has 0 saturated carbocycles. The molecule has 6 heteroatoms. The Kier molecular flexibility index (Phi) is 5.28. The van der Waals surface area contributed by atoms with E-state index in [0.29, 0.717) is 0 Å². The molecule has 102 valence electrons. The number of benzene rings is 1. The minimum Gasteiger partial charge on any atom is -0.395 e. The van der Waals surface area contributed by atoms with Crippen LogP contribution in [0.15, 0.2) is 29.2 Å². The van der Waals surface area contributed by atoms with Gasteiger partial charge in [0.1, 0.15) is 0 Å². The summed E-state index contributed by atoms with van der Waals surface area (Å²) < 4.78 is 25.5. The molecule has 1 aromatic carbocycles. The molecule has 1 unspecified atom stereocenters. The summed E-state index contributed by atoms with van der Waals surface area (Å²) in [4.78, 5) is 0.248. The highest BCUT2D eigenvalue weighted by atomic mass is 32.2. The molecular formula is C12H20N2O3S. The number of rotatable bonds is 6. The van der Waals surface area contributed by atoms with Crippen molar-refractivity contribution in [3.05, 3.63) is 29.8 Å². The zero-order valence-corrected chi connectivity index (χ0v) is 11.7. The van der Waals surface area contributed by atoms with Crippen molar-refractivity contribution >= 4 is 10.0 Å². The zero-order valence-electron chi connectivity index (χ0n) is 10.9. The van der Waals surface area contributed by atoms with Gasteiger partial charge in [0.25, 0.3) is 0 Å². The number of aliphatic hydroxyl groups is 1. The lowest BCUT2D eigenvalue weighted by atomic mass is 10.1. The van der Waals surface area contributed by atoms with Crippen LogP contribution in [0, 0.1) is 0 Å². The van der Waals surface area contributed by atoms with Crippen LogP contribution in [0.2, 0.25) is 0 Å². The van der Waals surface area contributed by atoms with Gasteiger partial charge in [0.15, 0.2) is 0 Å². The van der Waals surface area contributed by atoms with E-state index in [1.807, 2.05) is 20.0 Å². The fraction of sp³-hybridized carbons (Fsp3) is 0.500. The van der Waals surface area contributed by atoms with Gasteiger partial charge in [-0.3, -0.25) is 0 Å². The lowest BCUT2D eigenvalue weighted by Crippen LogP contribution is -2.29. The first-order chi connectivity index (χ1) is 8.43. The van der Waals surface area contributed by atoms with E-state index in [2.05, 4.69) is 5.32 Å². The summed E-state index contributed by atoms with van der Waals surface area (Å²) in [5, 5.41) is 11.9. The fourth-order valence-electron chi connectivity index (χ4n) is 1.55. The van der Waals surface area contributed by atoms with Gasteiger partial charge in [-0.2, -0.15) is 4.31 Å². The number of aliphatic hydroxyl groups excluding tert-OH is 1. The van der Waals surface area contributed by atoms with Gasteiger partial charge in [-0.15, -0.1) is 0 Å². The Morgan fingerprint density at radius 3 is 2.67 bits per heavy atom. The van der Waals surface area contributed by atoms with Crippen molar-refractivity contribution < 1.29 is 13.5 Å². The van der Waals surface area contributed by atoms with Crippen molar-refractivity contribution in [3.8, 4) is 0 Å².